The van der Waals surface area contributed by atoms with Crippen LogP contribution < -0.4 is 15.2 Å². The van der Waals surface area contributed by atoms with Crippen molar-refractivity contribution in [2.45, 2.75) is 45.6 Å². The number of benzene rings is 1. The lowest BCUT2D eigenvalue weighted by atomic mass is 9.87. The van der Waals surface area contributed by atoms with Gasteiger partial charge in [-0.25, -0.2) is 0 Å². The molecule has 0 radical (unpaired) electrons. The molecule has 2 N–H and O–H groups in total. The third-order valence-electron chi connectivity index (χ3n) is 3.75. The smallest absolute Gasteiger partial charge is 0.161 e. The van der Waals surface area contributed by atoms with E-state index in [1.54, 1.807) is 14.2 Å². The molecule has 1 aromatic carbocycles. The summed E-state index contributed by atoms with van der Waals surface area (Å²) in [5, 5.41) is 0. The molecule has 2 atom stereocenters. The van der Waals surface area contributed by atoms with Gasteiger partial charge in [0.1, 0.15) is 0 Å². The fraction of sp³-hybridized carbons (Fsp3) is 0.625. The topological polar surface area (TPSA) is 44.5 Å². The predicted octanol–water partition coefficient (Wildman–Crippen LogP) is 3.92. The van der Waals surface area contributed by atoms with Crippen molar-refractivity contribution in [2.75, 3.05) is 14.2 Å². The van der Waals surface area contributed by atoms with Crippen LogP contribution in [0.3, 0.4) is 0 Å². The maximum atomic E-state index is 6.41. The molecule has 0 aromatic heterocycles. The molecular formula is C16H27NO2. The fourth-order valence-electron chi connectivity index (χ4n) is 2.44. The number of nitrogens with two attached hydrogens (primary N) is 1. The maximum Gasteiger partial charge on any atom is 0.161 e. The van der Waals surface area contributed by atoms with Crippen molar-refractivity contribution < 1.29 is 9.47 Å². The minimum Gasteiger partial charge on any atom is -0.493 e. The summed E-state index contributed by atoms with van der Waals surface area (Å²) in [6.45, 7) is 4.43. The van der Waals surface area contributed by atoms with Crippen LogP contribution in [0.5, 0.6) is 11.5 Å². The highest BCUT2D eigenvalue weighted by Crippen LogP contribution is 2.33. The van der Waals surface area contributed by atoms with Gasteiger partial charge in [-0.15, -0.1) is 0 Å². The molecular weight excluding hydrogens is 238 g/mol. The summed E-state index contributed by atoms with van der Waals surface area (Å²) in [5.74, 6) is 2.03. The first-order valence-corrected chi connectivity index (χ1v) is 7.15. The molecule has 0 spiro atoms. The highest BCUT2D eigenvalue weighted by Gasteiger charge is 2.18. The molecule has 1 rings (SSSR count). The summed E-state index contributed by atoms with van der Waals surface area (Å²) in [4.78, 5) is 0. The molecule has 3 heteroatoms. The van der Waals surface area contributed by atoms with E-state index in [0.29, 0.717) is 5.92 Å². The second-order valence-corrected chi connectivity index (χ2v) is 4.95. The molecule has 0 fully saturated rings. The number of rotatable bonds is 8. The Bertz CT molecular complexity index is 379. The Labute approximate surface area is 117 Å². The Balaban J connectivity index is 2.88. The first kappa shape index (κ1) is 15.8. The van der Waals surface area contributed by atoms with Crippen LogP contribution in [0, 0.1) is 5.92 Å². The first-order valence-electron chi connectivity index (χ1n) is 7.15. The summed E-state index contributed by atoms with van der Waals surface area (Å²) in [5.41, 5.74) is 7.53. The molecule has 0 aliphatic heterocycles. The van der Waals surface area contributed by atoms with E-state index in [9.17, 15) is 0 Å². The lowest BCUT2D eigenvalue weighted by Gasteiger charge is -2.23. The highest BCUT2D eigenvalue weighted by molar-refractivity contribution is 5.43. The average molecular weight is 265 g/mol. The fourth-order valence-corrected chi connectivity index (χ4v) is 2.44. The van der Waals surface area contributed by atoms with Crippen molar-refractivity contribution in [2.24, 2.45) is 11.7 Å². The number of hydrogen-bond donors (Lipinski definition) is 1. The van der Waals surface area contributed by atoms with E-state index < -0.39 is 0 Å². The van der Waals surface area contributed by atoms with Crippen molar-refractivity contribution in [3.63, 3.8) is 0 Å². The average Bonchev–Trinajstić information content (AvgIpc) is 2.46. The van der Waals surface area contributed by atoms with Gasteiger partial charge in [0.05, 0.1) is 14.2 Å². The van der Waals surface area contributed by atoms with E-state index in [2.05, 4.69) is 13.8 Å². The molecule has 108 valence electrons. The quantitative estimate of drug-likeness (QED) is 0.774. The largest absolute Gasteiger partial charge is 0.493 e. The molecule has 19 heavy (non-hydrogen) atoms. The lowest BCUT2D eigenvalue weighted by molar-refractivity contribution is 0.350. The first-order chi connectivity index (χ1) is 9.17. The normalized spacial score (nSPS) is 13.9. The summed E-state index contributed by atoms with van der Waals surface area (Å²) in [6, 6.07) is 6.04. The van der Waals surface area contributed by atoms with Gasteiger partial charge in [-0.2, -0.15) is 0 Å². The zero-order chi connectivity index (χ0) is 14.3. The second-order valence-electron chi connectivity index (χ2n) is 4.95. The van der Waals surface area contributed by atoms with Gasteiger partial charge in [-0.1, -0.05) is 39.2 Å². The molecule has 0 saturated heterocycles. The van der Waals surface area contributed by atoms with Crippen LogP contribution in [0.15, 0.2) is 18.2 Å². The number of ether oxygens (including phenoxy) is 2. The van der Waals surface area contributed by atoms with Crippen molar-refractivity contribution in [3.8, 4) is 11.5 Å². The van der Waals surface area contributed by atoms with Gasteiger partial charge in [0.25, 0.3) is 0 Å². The summed E-state index contributed by atoms with van der Waals surface area (Å²) in [6.07, 6.45) is 4.74. The van der Waals surface area contributed by atoms with Crippen molar-refractivity contribution >= 4 is 0 Å². The van der Waals surface area contributed by atoms with Crippen molar-refractivity contribution in [3.05, 3.63) is 23.8 Å². The van der Waals surface area contributed by atoms with Gasteiger partial charge in [0, 0.05) is 6.04 Å². The summed E-state index contributed by atoms with van der Waals surface area (Å²) >= 11 is 0. The minimum atomic E-state index is 0.0661. The van der Waals surface area contributed by atoms with Crippen LogP contribution in [0.1, 0.15) is 51.1 Å². The van der Waals surface area contributed by atoms with Crippen LogP contribution in [-0.4, -0.2) is 14.2 Å². The zero-order valence-corrected chi connectivity index (χ0v) is 12.6. The van der Waals surface area contributed by atoms with Crippen LogP contribution in [0.25, 0.3) is 0 Å². The number of hydrogen-bond acceptors (Lipinski definition) is 3. The molecule has 0 aliphatic rings. The Kier molecular flexibility index (Phi) is 6.71. The zero-order valence-electron chi connectivity index (χ0n) is 12.6. The van der Waals surface area contributed by atoms with E-state index in [1.807, 2.05) is 18.2 Å². The van der Waals surface area contributed by atoms with Gasteiger partial charge in [0.15, 0.2) is 11.5 Å². The molecule has 0 amide bonds. The molecule has 0 saturated carbocycles. The Morgan fingerprint density at radius 3 is 2.32 bits per heavy atom. The van der Waals surface area contributed by atoms with E-state index >= 15 is 0 Å². The second kappa shape index (κ2) is 8.05. The van der Waals surface area contributed by atoms with Crippen LogP contribution in [-0.2, 0) is 0 Å². The minimum absolute atomic E-state index is 0.0661. The molecule has 1 aromatic rings. The number of unbranched alkanes of at least 4 members (excludes halogenated alkanes) is 1. The summed E-state index contributed by atoms with van der Waals surface area (Å²) in [7, 11) is 3.30. The highest BCUT2D eigenvalue weighted by atomic mass is 16.5. The van der Waals surface area contributed by atoms with Gasteiger partial charge < -0.3 is 15.2 Å². The monoisotopic (exact) mass is 265 g/mol. The lowest BCUT2D eigenvalue weighted by Crippen LogP contribution is -2.21. The van der Waals surface area contributed by atoms with Gasteiger partial charge in [-0.3, -0.25) is 0 Å². The van der Waals surface area contributed by atoms with Gasteiger partial charge >= 0.3 is 0 Å². The van der Waals surface area contributed by atoms with Crippen LogP contribution in [0.2, 0.25) is 0 Å². The SMILES string of the molecule is CCCCC(CC)C(N)c1ccc(OC)c(OC)c1. The Morgan fingerprint density at radius 1 is 1.11 bits per heavy atom. The molecule has 2 unspecified atom stereocenters. The van der Waals surface area contributed by atoms with Crippen LogP contribution >= 0.6 is 0 Å². The predicted molar refractivity (Wildman–Crippen MR) is 79.8 cm³/mol. The van der Waals surface area contributed by atoms with E-state index in [4.69, 9.17) is 15.2 Å². The van der Waals surface area contributed by atoms with E-state index in [1.165, 1.54) is 19.3 Å². The standard InChI is InChI=1S/C16H27NO2/c1-5-7-8-12(6-2)16(17)13-9-10-14(18-3)15(11-13)19-4/h9-12,16H,5-8,17H2,1-4H3. The molecule has 3 nitrogen and oxygen atoms in total. The Hall–Kier alpha value is -1.22. The summed E-state index contributed by atoms with van der Waals surface area (Å²) < 4.78 is 10.6. The van der Waals surface area contributed by atoms with E-state index in [-0.39, 0.29) is 6.04 Å². The van der Waals surface area contributed by atoms with Crippen molar-refractivity contribution in [1.82, 2.24) is 0 Å². The van der Waals surface area contributed by atoms with Gasteiger partial charge in [-0.05, 0) is 30.0 Å². The third kappa shape index (κ3) is 4.13. The molecule has 0 aliphatic carbocycles. The number of methoxy groups -OCH3 is 2. The molecule has 0 bridgehead atoms. The van der Waals surface area contributed by atoms with Crippen LogP contribution in [0.4, 0.5) is 0 Å². The Morgan fingerprint density at radius 2 is 1.79 bits per heavy atom. The van der Waals surface area contributed by atoms with Crippen molar-refractivity contribution in [1.29, 1.82) is 0 Å². The third-order valence-corrected chi connectivity index (χ3v) is 3.75. The maximum absolute atomic E-state index is 6.41. The van der Waals surface area contributed by atoms with E-state index in [0.717, 1.165) is 23.5 Å². The molecule has 0 heterocycles. The van der Waals surface area contributed by atoms with Gasteiger partial charge in [0.2, 0.25) is 0 Å².